The van der Waals surface area contributed by atoms with Crippen LogP contribution in [0.2, 0.25) is 0 Å². The van der Waals surface area contributed by atoms with Gasteiger partial charge >= 0.3 is 6.18 Å². The zero-order chi connectivity index (χ0) is 17.6. The molecule has 0 aliphatic carbocycles. The van der Waals surface area contributed by atoms with Crippen LogP contribution in [0.5, 0.6) is 0 Å². The normalized spacial score (nSPS) is 14.6. The lowest BCUT2D eigenvalue weighted by atomic mass is 9.98. The van der Waals surface area contributed by atoms with Crippen molar-refractivity contribution in [1.29, 1.82) is 0 Å². The Balaban J connectivity index is 1.94. The van der Waals surface area contributed by atoms with Crippen molar-refractivity contribution in [3.8, 4) is 16.4 Å². The number of aryl methyl sites for hydroxylation is 1. The molecular formula is C17H15F3N4S. The number of aromatic nitrogens is 3. The van der Waals surface area contributed by atoms with Gasteiger partial charge in [-0.25, -0.2) is 9.67 Å². The Kier molecular flexibility index (Phi) is 3.88. The smallest absolute Gasteiger partial charge is 0.312 e. The summed E-state index contributed by atoms with van der Waals surface area (Å²) in [6.45, 7) is 3.15. The quantitative estimate of drug-likeness (QED) is 0.748. The first-order valence-corrected chi connectivity index (χ1v) is 8.73. The summed E-state index contributed by atoms with van der Waals surface area (Å²) in [5, 5.41) is 10.4. The summed E-state index contributed by atoms with van der Waals surface area (Å²) in [6, 6.07) is 5.60. The van der Waals surface area contributed by atoms with Crippen LogP contribution in [0.15, 0.2) is 29.6 Å². The molecule has 1 aliphatic rings. The lowest BCUT2D eigenvalue weighted by Gasteiger charge is -2.16. The Hall–Kier alpha value is -2.19. The molecule has 3 aromatic rings. The fraction of sp³-hybridized carbons (Fsp3) is 0.294. The highest BCUT2D eigenvalue weighted by Gasteiger charge is 2.35. The number of nitrogens with one attached hydrogen (secondary N) is 1. The summed E-state index contributed by atoms with van der Waals surface area (Å²) in [7, 11) is 0. The highest BCUT2D eigenvalue weighted by Crippen LogP contribution is 2.39. The second-order valence-corrected chi connectivity index (χ2v) is 6.76. The molecule has 3 heterocycles. The Morgan fingerprint density at radius 1 is 1.24 bits per heavy atom. The molecule has 1 N–H and O–H groups in total. The Morgan fingerprint density at radius 2 is 2.04 bits per heavy atom. The maximum atomic E-state index is 13.4. The largest absolute Gasteiger partial charge is 0.417 e. The van der Waals surface area contributed by atoms with Crippen LogP contribution in [0.3, 0.4) is 0 Å². The molecule has 0 bridgehead atoms. The van der Waals surface area contributed by atoms with E-state index in [4.69, 9.17) is 0 Å². The van der Waals surface area contributed by atoms with Gasteiger partial charge in [-0.15, -0.1) is 11.3 Å². The van der Waals surface area contributed by atoms with E-state index in [-0.39, 0.29) is 5.56 Å². The first kappa shape index (κ1) is 16.3. The van der Waals surface area contributed by atoms with Crippen molar-refractivity contribution < 1.29 is 13.2 Å². The topological polar surface area (TPSA) is 42.7 Å². The molecule has 1 aromatic carbocycles. The standard InChI is InChI=1S/C17H15F3N4S/c1-10-9-25-16(22-10)24-14-6-7-21-8-12(14)15(23-24)11-4-2-3-5-13(11)17(18,19)20/h2-5,9,21H,6-8H2,1H3. The number of hydrogen-bond donors (Lipinski definition) is 1. The molecule has 0 amide bonds. The first-order valence-electron chi connectivity index (χ1n) is 7.86. The average Bonchev–Trinajstić information content (AvgIpc) is 3.18. The molecule has 0 saturated heterocycles. The van der Waals surface area contributed by atoms with Gasteiger partial charge in [0.1, 0.15) is 0 Å². The van der Waals surface area contributed by atoms with Crippen molar-refractivity contribution in [2.75, 3.05) is 6.54 Å². The van der Waals surface area contributed by atoms with E-state index in [1.807, 2.05) is 12.3 Å². The van der Waals surface area contributed by atoms with Crippen molar-refractivity contribution in [2.24, 2.45) is 0 Å². The second-order valence-electron chi connectivity index (χ2n) is 5.93. The van der Waals surface area contributed by atoms with Gasteiger partial charge in [0, 0.05) is 36.0 Å². The van der Waals surface area contributed by atoms with E-state index in [1.165, 1.54) is 23.5 Å². The molecular weight excluding hydrogens is 349 g/mol. The molecule has 0 fully saturated rings. The van der Waals surface area contributed by atoms with Gasteiger partial charge in [-0.3, -0.25) is 0 Å². The summed E-state index contributed by atoms with van der Waals surface area (Å²) >= 11 is 1.44. The highest BCUT2D eigenvalue weighted by molar-refractivity contribution is 7.12. The zero-order valence-electron chi connectivity index (χ0n) is 13.4. The summed E-state index contributed by atoms with van der Waals surface area (Å²) < 4.78 is 42.0. The van der Waals surface area contributed by atoms with Crippen LogP contribution >= 0.6 is 11.3 Å². The lowest BCUT2D eigenvalue weighted by Crippen LogP contribution is -2.24. The van der Waals surface area contributed by atoms with Crippen LogP contribution < -0.4 is 5.32 Å². The number of alkyl halides is 3. The highest BCUT2D eigenvalue weighted by atomic mass is 32.1. The van der Waals surface area contributed by atoms with Gasteiger partial charge in [0.25, 0.3) is 0 Å². The lowest BCUT2D eigenvalue weighted by molar-refractivity contribution is -0.137. The molecule has 0 spiro atoms. The van der Waals surface area contributed by atoms with Crippen molar-refractivity contribution >= 4 is 11.3 Å². The third-order valence-corrected chi connectivity index (χ3v) is 5.14. The Bertz CT molecular complexity index is 926. The summed E-state index contributed by atoms with van der Waals surface area (Å²) in [5.74, 6) is 0. The summed E-state index contributed by atoms with van der Waals surface area (Å²) in [5.41, 5.74) is 2.44. The maximum Gasteiger partial charge on any atom is 0.417 e. The van der Waals surface area contributed by atoms with Crippen molar-refractivity contribution in [2.45, 2.75) is 26.1 Å². The number of nitrogens with zero attached hydrogens (tertiary/aromatic N) is 3. The predicted octanol–water partition coefficient (Wildman–Crippen LogP) is 3.97. The molecule has 0 atom stereocenters. The molecule has 4 rings (SSSR count). The minimum atomic E-state index is -4.42. The maximum absolute atomic E-state index is 13.4. The number of rotatable bonds is 2. The fourth-order valence-corrected chi connectivity index (χ4v) is 3.87. The minimum Gasteiger partial charge on any atom is -0.312 e. The number of benzene rings is 1. The predicted molar refractivity (Wildman–Crippen MR) is 89.8 cm³/mol. The number of fused-ring (bicyclic) bond motifs is 1. The van der Waals surface area contributed by atoms with E-state index >= 15 is 0 Å². The average molecular weight is 364 g/mol. The van der Waals surface area contributed by atoms with Crippen molar-refractivity contribution in [3.63, 3.8) is 0 Å². The van der Waals surface area contributed by atoms with E-state index in [0.717, 1.165) is 29.6 Å². The third-order valence-electron chi connectivity index (χ3n) is 4.21. The summed E-state index contributed by atoms with van der Waals surface area (Å²) in [4.78, 5) is 4.44. The van der Waals surface area contributed by atoms with E-state index < -0.39 is 11.7 Å². The summed E-state index contributed by atoms with van der Waals surface area (Å²) in [6.07, 6.45) is -3.72. The number of hydrogen-bond acceptors (Lipinski definition) is 4. The SMILES string of the molecule is Cc1csc(-n2nc(-c3ccccc3C(F)(F)F)c3c2CCNC3)n1. The van der Waals surface area contributed by atoms with Gasteiger partial charge in [0.2, 0.25) is 5.13 Å². The molecule has 2 aromatic heterocycles. The van der Waals surface area contributed by atoms with Crippen LogP contribution in [0, 0.1) is 6.92 Å². The van der Waals surface area contributed by atoms with Crippen LogP contribution in [0.1, 0.15) is 22.5 Å². The van der Waals surface area contributed by atoms with E-state index in [0.29, 0.717) is 23.8 Å². The molecule has 1 aliphatic heterocycles. The van der Waals surface area contributed by atoms with Crippen LogP contribution in [-0.4, -0.2) is 21.3 Å². The van der Waals surface area contributed by atoms with Gasteiger partial charge in [0.05, 0.1) is 22.6 Å². The van der Waals surface area contributed by atoms with E-state index in [1.54, 1.807) is 10.7 Å². The van der Waals surface area contributed by atoms with E-state index in [2.05, 4.69) is 15.4 Å². The van der Waals surface area contributed by atoms with Gasteiger partial charge < -0.3 is 5.32 Å². The van der Waals surface area contributed by atoms with Crippen LogP contribution in [-0.2, 0) is 19.1 Å². The van der Waals surface area contributed by atoms with Gasteiger partial charge in [-0.2, -0.15) is 18.3 Å². The third kappa shape index (κ3) is 2.85. The van der Waals surface area contributed by atoms with Crippen molar-refractivity contribution in [1.82, 2.24) is 20.1 Å². The van der Waals surface area contributed by atoms with Gasteiger partial charge in [-0.1, -0.05) is 18.2 Å². The zero-order valence-corrected chi connectivity index (χ0v) is 14.2. The molecule has 25 heavy (non-hydrogen) atoms. The number of thiazole rings is 1. The first-order chi connectivity index (χ1) is 11.9. The Labute approximate surface area is 146 Å². The van der Waals surface area contributed by atoms with Crippen LogP contribution in [0.25, 0.3) is 16.4 Å². The molecule has 0 saturated carbocycles. The monoisotopic (exact) mass is 364 g/mol. The number of halogens is 3. The van der Waals surface area contributed by atoms with E-state index in [9.17, 15) is 13.2 Å². The Morgan fingerprint density at radius 3 is 2.76 bits per heavy atom. The van der Waals surface area contributed by atoms with Crippen LogP contribution in [0.4, 0.5) is 13.2 Å². The fourth-order valence-electron chi connectivity index (χ4n) is 3.10. The second kappa shape index (κ2) is 5.96. The molecule has 0 unspecified atom stereocenters. The molecule has 4 nitrogen and oxygen atoms in total. The minimum absolute atomic E-state index is 0.113. The van der Waals surface area contributed by atoms with Gasteiger partial charge in [0.15, 0.2) is 0 Å². The molecule has 8 heteroatoms. The molecule has 130 valence electrons. The molecule has 0 radical (unpaired) electrons. The van der Waals surface area contributed by atoms with Gasteiger partial charge in [-0.05, 0) is 13.0 Å². The van der Waals surface area contributed by atoms with Crippen molar-refractivity contribution in [3.05, 3.63) is 52.2 Å².